The van der Waals surface area contributed by atoms with Gasteiger partial charge in [0.1, 0.15) is 16.7 Å². The molecule has 1 atom stereocenters. The Bertz CT molecular complexity index is 1150. The number of rotatable bonds is 10. The SMILES string of the molecule is COCCNC(=O)C(c1ccc(OC)cc1)N(C(=O)c1snc(C(N)=O)c1N)c1ccccc1. The monoisotopic (exact) mass is 483 g/mol. The number of ether oxygens (including phenoxy) is 2. The molecule has 34 heavy (non-hydrogen) atoms. The van der Waals surface area contributed by atoms with E-state index < -0.39 is 23.8 Å². The summed E-state index contributed by atoms with van der Waals surface area (Å²) in [5.74, 6) is -1.28. The molecule has 0 fully saturated rings. The third-order valence-electron chi connectivity index (χ3n) is 4.95. The van der Waals surface area contributed by atoms with E-state index in [1.165, 1.54) is 19.1 Å². The number of hydrogen-bond donors (Lipinski definition) is 3. The van der Waals surface area contributed by atoms with Crippen molar-refractivity contribution >= 4 is 40.6 Å². The van der Waals surface area contributed by atoms with Crippen LogP contribution < -0.4 is 26.4 Å². The fourth-order valence-electron chi connectivity index (χ4n) is 3.29. The van der Waals surface area contributed by atoms with Crippen molar-refractivity contribution in [3.63, 3.8) is 0 Å². The van der Waals surface area contributed by atoms with Crippen molar-refractivity contribution in [2.45, 2.75) is 6.04 Å². The number of aromatic nitrogens is 1. The highest BCUT2D eigenvalue weighted by Crippen LogP contribution is 2.33. The third kappa shape index (κ3) is 5.33. The summed E-state index contributed by atoms with van der Waals surface area (Å²) in [7, 11) is 3.06. The Hall–Kier alpha value is -3.96. The summed E-state index contributed by atoms with van der Waals surface area (Å²) < 4.78 is 14.2. The predicted molar refractivity (Wildman–Crippen MR) is 129 cm³/mol. The molecule has 0 saturated heterocycles. The average Bonchev–Trinajstić information content (AvgIpc) is 3.24. The summed E-state index contributed by atoms with van der Waals surface area (Å²) in [4.78, 5) is 40.2. The number of primary amides is 1. The van der Waals surface area contributed by atoms with E-state index in [0.29, 0.717) is 23.6 Å². The first-order valence-electron chi connectivity index (χ1n) is 10.2. The number of nitrogens with two attached hydrogens (primary N) is 2. The van der Waals surface area contributed by atoms with Gasteiger partial charge < -0.3 is 26.3 Å². The first kappa shape index (κ1) is 24.7. The van der Waals surface area contributed by atoms with Crippen molar-refractivity contribution in [3.8, 4) is 5.75 Å². The minimum Gasteiger partial charge on any atom is -0.497 e. The molecule has 1 aromatic heterocycles. The van der Waals surface area contributed by atoms with E-state index in [2.05, 4.69) is 9.69 Å². The Balaban J connectivity index is 2.14. The normalized spacial score (nSPS) is 11.5. The minimum atomic E-state index is -1.07. The number of carbonyl (C=O) groups excluding carboxylic acids is 3. The van der Waals surface area contributed by atoms with Gasteiger partial charge in [0.05, 0.1) is 19.4 Å². The summed E-state index contributed by atoms with van der Waals surface area (Å²) in [6.07, 6.45) is 0. The van der Waals surface area contributed by atoms with Crippen molar-refractivity contribution in [2.75, 3.05) is 38.0 Å². The molecule has 10 nitrogen and oxygen atoms in total. The standard InChI is InChI=1S/C23H25N5O5S/c1-32-13-12-26-22(30)19(14-8-10-16(33-2)11-9-14)28(15-6-4-3-5-7-15)23(31)20-17(24)18(21(25)29)27-34-20/h3-11,19H,12-13,24H2,1-2H3,(H2,25,29)(H,26,30). The van der Waals surface area contributed by atoms with E-state index in [-0.39, 0.29) is 22.8 Å². The summed E-state index contributed by atoms with van der Waals surface area (Å²) in [6.45, 7) is 0.539. The van der Waals surface area contributed by atoms with E-state index >= 15 is 0 Å². The lowest BCUT2D eigenvalue weighted by molar-refractivity contribution is -0.122. The Kier molecular flexibility index (Phi) is 8.17. The number of para-hydroxylation sites is 1. The lowest BCUT2D eigenvalue weighted by Crippen LogP contribution is -2.44. The van der Waals surface area contributed by atoms with Gasteiger partial charge in [0.25, 0.3) is 11.8 Å². The van der Waals surface area contributed by atoms with Crippen LogP contribution in [0.2, 0.25) is 0 Å². The zero-order valence-corrected chi connectivity index (χ0v) is 19.5. The second-order valence-corrected chi connectivity index (χ2v) is 7.88. The Labute approximate surface area is 200 Å². The Morgan fingerprint density at radius 1 is 1.09 bits per heavy atom. The molecule has 1 unspecified atom stereocenters. The van der Waals surface area contributed by atoms with E-state index in [4.69, 9.17) is 20.9 Å². The van der Waals surface area contributed by atoms with Gasteiger partial charge in [-0.3, -0.25) is 19.3 Å². The molecule has 3 aromatic rings. The van der Waals surface area contributed by atoms with Gasteiger partial charge in [-0.1, -0.05) is 30.3 Å². The molecule has 0 aliphatic carbocycles. The zero-order valence-electron chi connectivity index (χ0n) is 18.7. The minimum absolute atomic E-state index is 0.000793. The molecule has 0 aliphatic heterocycles. The highest BCUT2D eigenvalue weighted by Gasteiger charge is 2.35. The highest BCUT2D eigenvalue weighted by molar-refractivity contribution is 7.09. The first-order chi connectivity index (χ1) is 16.4. The van der Waals surface area contributed by atoms with E-state index in [1.807, 2.05) is 0 Å². The van der Waals surface area contributed by atoms with Gasteiger partial charge in [-0.15, -0.1) is 0 Å². The molecule has 1 heterocycles. The van der Waals surface area contributed by atoms with Crippen molar-refractivity contribution in [1.82, 2.24) is 9.69 Å². The van der Waals surface area contributed by atoms with Crippen molar-refractivity contribution in [3.05, 3.63) is 70.7 Å². The van der Waals surface area contributed by atoms with Gasteiger partial charge in [0.2, 0.25) is 5.91 Å². The number of nitrogens with zero attached hydrogens (tertiary/aromatic N) is 2. The van der Waals surface area contributed by atoms with Gasteiger partial charge >= 0.3 is 0 Å². The highest BCUT2D eigenvalue weighted by atomic mass is 32.1. The largest absolute Gasteiger partial charge is 0.497 e. The molecule has 5 N–H and O–H groups in total. The molecule has 3 amide bonds. The first-order valence-corrected chi connectivity index (χ1v) is 11.0. The quantitative estimate of drug-likeness (QED) is 0.373. The van der Waals surface area contributed by atoms with Crippen LogP contribution in [0.4, 0.5) is 11.4 Å². The predicted octanol–water partition coefficient (Wildman–Crippen LogP) is 1.98. The topological polar surface area (TPSA) is 150 Å². The molecule has 0 radical (unpaired) electrons. The van der Waals surface area contributed by atoms with Gasteiger partial charge in [0.15, 0.2) is 5.69 Å². The van der Waals surface area contributed by atoms with Crippen LogP contribution in [0.1, 0.15) is 31.8 Å². The summed E-state index contributed by atoms with van der Waals surface area (Å²) in [5.41, 5.74) is 12.0. The number of methoxy groups -OCH3 is 2. The third-order valence-corrected chi connectivity index (χ3v) is 5.80. The summed E-state index contributed by atoms with van der Waals surface area (Å²) in [6, 6.07) is 14.4. The van der Waals surface area contributed by atoms with Gasteiger partial charge in [-0.25, -0.2) is 0 Å². The molecule has 0 spiro atoms. The zero-order chi connectivity index (χ0) is 24.7. The van der Waals surface area contributed by atoms with Gasteiger partial charge in [0, 0.05) is 19.3 Å². The molecule has 0 bridgehead atoms. The molecule has 0 aliphatic rings. The maximum Gasteiger partial charge on any atom is 0.273 e. The van der Waals surface area contributed by atoms with Crippen molar-refractivity contribution < 1.29 is 23.9 Å². The fraction of sp³-hybridized carbons (Fsp3) is 0.217. The van der Waals surface area contributed by atoms with Crippen LogP contribution in [0, 0.1) is 0 Å². The van der Waals surface area contributed by atoms with Crippen LogP contribution in [-0.2, 0) is 9.53 Å². The maximum absolute atomic E-state index is 13.8. The Morgan fingerprint density at radius 3 is 2.32 bits per heavy atom. The van der Waals surface area contributed by atoms with Crippen LogP contribution in [0.3, 0.4) is 0 Å². The van der Waals surface area contributed by atoms with Crippen LogP contribution in [0.15, 0.2) is 54.6 Å². The van der Waals surface area contributed by atoms with Crippen LogP contribution in [0.25, 0.3) is 0 Å². The number of nitrogen functional groups attached to an aromatic ring is 1. The lowest BCUT2D eigenvalue weighted by Gasteiger charge is -2.31. The Morgan fingerprint density at radius 2 is 1.76 bits per heavy atom. The van der Waals surface area contributed by atoms with Gasteiger partial charge in [-0.2, -0.15) is 4.37 Å². The number of carbonyl (C=O) groups is 3. The van der Waals surface area contributed by atoms with Crippen LogP contribution >= 0.6 is 11.5 Å². The average molecular weight is 484 g/mol. The summed E-state index contributed by atoms with van der Waals surface area (Å²) in [5, 5.41) is 2.80. The smallest absolute Gasteiger partial charge is 0.273 e. The molecule has 0 saturated carbocycles. The van der Waals surface area contributed by atoms with Crippen molar-refractivity contribution in [1.29, 1.82) is 0 Å². The molecular weight excluding hydrogens is 458 g/mol. The van der Waals surface area contributed by atoms with E-state index in [0.717, 1.165) is 11.5 Å². The number of benzene rings is 2. The van der Waals surface area contributed by atoms with Crippen LogP contribution in [-0.4, -0.2) is 49.5 Å². The second kappa shape index (κ2) is 11.3. The molecular formula is C23H25N5O5S. The molecule has 2 aromatic carbocycles. The van der Waals surface area contributed by atoms with Crippen molar-refractivity contribution in [2.24, 2.45) is 5.73 Å². The van der Waals surface area contributed by atoms with Gasteiger partial charge in [-0.05, 0) is 41.4 Å². The van der Waals surface area contributed by atoms with E-state index in [1.54, 1.807) is 54.6 Å². The van der Waals surface area contributed by atoms with Crippen LogP contribution in [0.5, 0.6) is 5.75 Å². The number of amides is 3. The summed E-state index contributed by atoms with van der Waals surface area (Å²) >= 11 is 0.749. The van der Waals surface area contributed by atoms with E-state index in [9.17, 15) is 14.4 Å². The molecule has 178 valence electrons. The number of anilines is 2. The fourth-order valence-corrected chi connectivity index (χ4v) is 4.03. The second-order valence-electron chi connectivity index (χ2n) is 7.11. The molecule has 3 rings (SSSR count). The molecule has 11 heteroatoms. The number of nitrogens with one attached hydrogen (secondary N) is 1. The maximum atomic E-state index is 13.8. The lowest BCUT2D eigenvalue weighted by atomic mass is 10.0. The number of hydrogen-bond acceptors (Lipinski definition) is 8.